The van der Waals surface area contributed by atoms with Crippen molar-refractivity contribution < 1.29 is 9.53 Å². The molecule has 0 aromatic heterocycles. The molecule has 0 radical (unpaired) electrons. The highest BCUT2D eigenvalue weighted by molar-refractivity contribution is 7.98. The van der Waals surface area contributed by atoms with Crippen LogP contribution in [-0.4, -0.2) is 24.1 Å². The second-order valence-corrected chi connectivity index (χ2v) is 6.67. The van der Waals surface area contributed by atoms with Gasteiger partial charge in [-0.3, -0.25) is 4.79 Å². The molecule has 0 saturated carbocycles. The molecule has 0 N–H and O–H groups in total. The molecule has 0 aromatic carbocycles. The summed E-state index contributed by atoms with van der Waals surface area (Å²) in [6.07, 6.45) is 7.66. The van der Waals surface area contributed by atoms with Crippen LogP contribution in [0.25, 0.3) is 0 Å². The van der Waals surface area contributed by atoms with Crippen molar-refractivity contribution in [2.75, 3.05) is 12.0 Å². The van der Waals surface area contributed by atoms with E-state index >= 15 is 0 Å². The largest absolute Gasteiger partial charge is 0.458 e. The number of carbonyl (C=O) groups excluding carboxylic acids is 1. The third-order valence-corrected chi connectivity index (χ3v) is 3.69. The maximum atomic E-state index is 11.6. The Morgan fingerprint density at radius 1 is 1.59 bits per heavy atom. The van der Waals surface area contributed by atoms with Gasteiger partial charge in [-0.1, -0.05) is 19.4 Å². The van der Waals surface area contributed by atoms with Crippen molar-refractivity contribution in [3.8, 4) is 0 Å². The van der Waals surface area contributed by atoms with E-state index in [9.17, 15) is 4.79 Å². The maximum Gasteiger partial charge on any atom is 0.306 e. The fourth-order valence-electron chi connectivity index (χ4n) is 2.47. The molecule has 0 unspecified atom stereocenters. The Morgan fingerprint density at radius 3 is 2.88 bits per heavy atom. The van der Waals surface area contributed by atoms with Crippen molar-refractivity contribution in [3.05, 3.63) is 11.6 Å². The van der Waals surface area contributed by atoms with E-state index < -0.39 is 0 Å². The number of esters is 1. The summed E-state index contributed by atoms with van der Waals surface area (Å²) < 4.78 is 5.52. The van der Waals surface area contributed by atoms with E-state index in [-0.39, 0.29) is 17.5 Å². The number of carbonyl (C=O) groups is 1. The first kappa shape index (κ1) is 14.6. The molecule has 0 saturated heterocycles. The lowest BCUT2D eigenvalue weighted by molar-refractivity contribution is -0.148. The fraction of sp³-hybridized carbons (Fsp3) is 0.786. The lowest BCUT2D eigenvalue weighted by Crippen LogP contribution is -2.28. The van der Waals surface area contributed by atoms with Gasteiger partial charge in [0.1, 0.15) is 6.10 Å². The molecule has 1 aliphatic rings. The Labute approximate surface area is 109 Å². The minimum absolute atomic E-state index is 0.0134. The Bertz CT molecular complexity index is 295. The van der Waals surface area contributed by atoms with Crippen LogP contribution in [0.5, 0.6) is 0 Å². The number of hydrogen-bond acceptors (Lipinski definition) is 3. The lowest BCUT2D eigenvalue weighted by Gasteiger charge is -2.33. The molecule has 1 rings (SSSR count). The zero-order chi connectivity index (χ0) is 12.9. The van der Waals surface area contributed by atoms with E-state index in [4.69, 9.17) is 4.74 Å². The van der Waals surface area contributed by atoms with Gasteiger partial charge in [0.05, 0.1) is 0 Å². The van der Waals surface area contributed by atoms with Crippen LogP contribution in [0.3, 0.4) is 0 Å². The topological polar surface area (TPSA) is 26.3 Å². The van der Waals surface area contributed by atoms with Crippen molar-refractivity contribution in [1.29, 1.82) is 0 Å². The van der Waals surface area contributed by atoms with E-state index in [2.05, 4.69) is 33.1 Å². The van der Waals surface area contributed by atoms with Crippen LogP contribution < -0.4 is 0 Å². The molecule has 0 amide bonds. The summed E-state index contributed by atoms with van der Waals surface area (Å²) in [5.74, 6) is 0.978. The van der Waals surface area contributed by atoms with Gasteiger partial charge in [-0.05, 0) is 49.7 Å². The van der Waals surface area contributed by atoms with Crippen LogP contribution in [0, 0.1) is 5.41 Å². The Morgan fingerprint density at radius 2 is 2.29 bits per heavy atom. The fourth-order valence-corrected chi connectivity index (χ4v) is 2.90. The number of rotatable bonds is 5. The van der Waals surface area contributed by atoms with E-state index in [1.807, 2.05) is 0 Å². The second kappa shape index (κ2) is 6.48. The summed E-state index contributed by atoms with van der Waals surface area (Å²) in [5, 5.41) is 0. The zero-order valence-electron chi connectivity index (χ0n) is 11.4. The van der Waals surface area contributed by atoms with Gasteiger partial charge >= 0.3 is 5.97 Å². The first-order chi connectivity index (χ1) is 7.93. The highest BCUT2D eigenvalue weighted by atomic mass is 32.2. The highest BCUT2D eigenvalue weighted by Crippen LogP contribution is 2.36. The van der Waals surface area contributed by atoms with Gasteiger partial charge < -0.3 is 4.74 Å². The first-order valence-electron chi connectivity index (χ1n) is 6.29. The van der Waals surface area contributed by atoms with Crippen LogP contribution in [-0.2, 0) is 9.53 Å². The molecule has 0 bridgehead atoms. The summed E-state index contributed by atoms with van der Waals surface area (Å²) in [4.78, 5) is 11.6. The van der Waals surface area contributed by atoms with Crippen molar-refractivity contribution in [2.45, 2.75) is 52.6 Å². The summed E-state index contributed by atoms with van der Waals surface area (Å²) >= 11 is 1.77. The molecule has 3 heteroatoms. The normalized spacial score (nSPS) is 23.1. The van der Waals surface area contributed by atoms with Gasteiger partial charge in [0.25, 0.3) is 0 Å². The maximum absolute atomic E-state index is 11.6. The SMILES string of the molecule is CSCCCC(=O)O[C@H]1C=C(C)CC(C)(C)C1. The summed E-state index contributed by atoms with van der Waals surface area (Å²) in [5.41, 5.74) is 1.59. The Balaban J connectivity index is 2.40. The zero-order valence-corrected chi connectivity index (χ0v) is 12.2. The molecule has 1 aliphatic carbocycles. The van der Waals surface area contributed by atoms with Gasteiger partial charge in [-0.15, -0.1) is 0 Å². The molecule has 0 aliphatic heterocycles. The van der Waals surface area contributed by atoms with E-state index in [0.29, 0.717) is 6.42 Å². The average molecular weight is 256 g/mol. The quantitative estimate of drug-likeness (QED) is 0.425. The summed E-state index contributed by atoms with van der Waals surface area (Å²) in [6, 6.07) is 0. The van der Waals surface area contributed by atoms with Gasteiger partial charge in [-0.25, -0.2) is 0 Å². The summed E-state index contributed by atoms with van der Waals surface area (Å²) in [7, 11) is 0. The number of ether oxygens (including phenoxy) is 1. The number of allylic oxidation sites excluding steroid dienone is 1. The molecule has 1 atom stereocenters. The van der Waals surface area contributed by atoms with Gasteiger partial charge in [-0.2, -0.15) is 11.8 Å². The molecule has 17 heavy (non-hydrogen) atoms. The minimum atomic E-state index is -0.0502. The van der Waals surface area contributed by atoms with Crippen molar-refractivity contribution in [3.63, 3.8) is 0 Å². The third-order valence-electron chi connectivity index (χ3n) is 2.99. The predicted molar refractivity (Wildman–Crippen MR) is 74.3 cm³/mol. The minimum Gasteiger partial charge on any atom is -0.458 e. The molecule has 0 spiro atoms. The van der Waals surface area contributed by atoms with E-state index in [1.165, 1.54) is 5.57 Å². The second-order valence-electron chi connectivity index (χ2n) is 5.68. The van der Waals surface area contributed by atoms with Crippen LogP contribution in [0.4, 0.5) is 0 Å². The van der Waals surface area contributed by atoms with Gasteiger partial charge in [0, 0.05) is 6.42 Å². The van der Waals surface area contributed by atoms with Crippen molar-refractivity contribution in [2.24, 2.45) is 5.41 Å². The molecular weight excluding hydrogens is 232 g/mol. The van der Waals surface area contributed by atoms with Crippen LogP contribution in [0.15, 0.2) is 11.6 Å². The highest BCUT2D eigenvalue weighted by Gasteiger charge is 2.29. The molecule has 0 aromatic rings. The average Bonchev–Trinajstić information content (AvgIpc) is 2.14. The smallest absolute Gasteiger partial charge is 0.306 e. The molecule has 0 fully saturated rings. The van der Waals surface area contributed by atoms with Crippen LogP contribution in [0.2, 0.25) is 0 Å². The van der Waals surface area contributed by atoms with Crippen molar-refractivity contribution >= 4 is 17.7 Å². The predicted octanol–water partition coefficient (Wildman–Crippen LogP) is 3.81. The van der Waals surface area contributed by atoms with Gasteiger partial charge in [0.15, 0.2) is 0 Å². The Kier molecular flexibility index (Phi) is 5.57. The van der Waals surface area contributed by atoms with E-state index in [0.717, 1.165) is 25.0 Å². The molecular formula is C14H24O2S. The number of thioether (sulfide) groups is 1. The molecule has 98 valence electrons. The third kappa shape index (κ3) is 5.62. The molecule has 2 nitrogen and oxygen atoms in total. The monoisotopic (exact) mass is 256 g/mol. The Hall–Kier alpha value is -0.440. The summed E-state index contributed by atoms with van der Waals surface area (Å²) in [6.45, 7) is 6.59. The standard InChI is InChI=1S/C14H24O2S/c1-11-8-12(10-14(2,3)9-11)16-13(15)6-5-7-17-4/h8,12H,5-7,9-10H2,1-4H3/t12-/m0/s1. The molecule has 0 heterocycles. The van der Waals surface area contributed by atoms with E-state index in [1.54, 1.807) is 11.8 Å². The van der Waals surface area contributed by atoms with Crippen molar-refractivity contribution in [1.82, 2.24) is 0 Å². The number of hydrogen-bond donors (Lipinski definition) is 0. The van der Waals surface area contributed by atoms with Crippen LogP contribution in [0.1, 0.15) is 46.5 Å². The lowest BCUT2D eigenvalue weighted by atomic mass is 9.76. The first-order valence-corrected chi connectivity index (χ1v) is 7.68. The van der Waals surface area contributed by atoms with Crippen LogP contribution >= 0.6 is 11.8 Å². The van der Waals surface area contributed by atoms with Gasteiger partial charge in [0.2, 0.25) is 0 Å².